The smallest absolute Gasteiger partial charge is 0.293 e. The average molecular weight is 252 g/mol. The first kappa shape index (κ1) is 11.5. The number of carbonyl (C=O) groups is 1. The molecule has 0 radical (unpaired) electrons. The van der Waals surface area contributed by atoms with E-state index in [2.05, 4.69) is 9.97 Å². The molecule has 0 amide bonds. The molecule has 0 saturated carbocycles. The zero-order valence-electron chi connectivity index (χ0n) is 10.2. The highest BCUT2D eigenvalue weighted by Crippen LogP contribution is 2.21. The molecule has 0 unspecified atom stereocenters. The fourth-order valence-electron chi connectivity index (χ4n) is 2.03. The number of hydrogen-bond acceptors (Lipinski definition) is 3. The number of benzene rings is 2. The Hall–Kier alpha value is -2.62. The van der Waals surface area contributed by atoms with E-state index in [1.165, 1.54) is 0 Å². The van der Waals surface area contributed by atoms with Crippen molar-refractivity contribution >= 4 is 17.5 Å². The molecule has 1 N–H and O–H groups in total. The van der Waals surface area contributed by atoms with Crippen molar-refractivity contribution in [1.82, 2.24) is 9.97 Å². The van der Waals surface area contributed by atoms with Gasteiger partial charge in [-0.15, -0.1) is 0 Å². The average Bonchev–Trinajstić information content (AvgIpc) is 2.89. The van der Waals surface area contributed by atoms with Crippen LogP contribution in [0.5, 0.6) is 0 Å². The number of aromatic amines is 1. The van der Waals surface area contributed by atoms with Crippen molar-refractivity contribution in [2.24, 2.45) is 0 Å². The normalized spacial score (nSPS) is 10.5. The van der Waals surface area contributed by atoms with Crippen LogP contribution in [-0.2, 0) is 16.1 Å². The summed E-state index contributed by atoms with van der Waals surface area (Å²) in [6.07, 6.45) is 0. The summed E-state index contributed by atoms with van der Waals surface area (Å²) >= 11 is 0. The van der Waals surface area contributed by atoms with E-state index in [1.54, 1.807) is 0 Å². The van der Waals surface area contributed by atoms with Crippen LogP contribution in [0.25, 0.3) is 22.4 Å². The summed E-state index contributed by atoms with van der Waals surface area (Å²) in [7, 11) is 0. The van der Waals surface area contributed by atoms with Crippen LogP contribution in [-0.4, -0.2) is 16.4 Å². The van der Waals surface area contributed by atoms with E-state index in [0.29, 0.717) is 6.47 Å². The molecule has 0 aliphatic rings. The van der Waals surface area contributed by atoms with Gasteiger partial charge >= 0.3 is 0 Å². The summed E-state index contributed by atoms with van der Waals surface area (Å²) in [5, 5.41) is 0. The van der Waals surface area contributed by atoms with Gasteiger partial charge in [-0.2, -0.15) is 0 Å². The largest absolute Gasteiger partial charge is 0.463 e. The first-order valence-electron chi connectivity index (χ1n) is 5.96. The Bertz CT molecular complexity index is 686. The zero-order valence-corrected chi connectivity index (χ0v) is 10.2. The monoisotopic (exact) mass is 252 g/mol. The van der Waals surface area contributed by atoms with Gasteiger partial charge in [-0.1, -0.05) is 30.3 Å². The van der Waals surface area contributed by atoms with Gasteiger partial charge in [0.1, 0.15) is 12.4 Å². The van der Waals surface area contributed by atoms with E-state index in [-0.39, 0.29) is 6.61 Å². The summed E-state index contributed by atoms with van der Waals surface area (Å²) < 4.78 is 4.76. The molecule has 19 heavy (non-hydrogen) atoms. The van der Waals surface area contributed by atoms with Crippen LogP contribution in [0.15, 0.2) is 48.5 Å². The molecule has 3 aromatic rings. The third-order valence-corrected chi connectivity index (χ3v) is 2.91. The number of nitrogens with one attached hydrogen (secondary N) is 1. The number of nitrogens with zero attached hydrogens (tertiary/aromatic N) is 1. The molecule has 1 heterocycles. The lowest BCUT2D eigenvalue weighted by Gasteiger charge is -2.02. The summed E-state index contributed by atoms with van der Waals surface area (Å²) in [6.45, 7) is 0.728. The fourth-order valence-corrected chi connectivity index (χ4v) is 2.03. The molecule has 4 nitrogen and oxygen atoms in total. The fraction of sp³-hybridized carbons (Fsp3) is 0.0667. The lowest BCUT2D eigenvalue weighted by molar-refractivity contribution is -0.129. The number of aromatic nitrogens is 2. The topological polar surface area (TPSA) is 55.0 Å². The number of fused-ring (bicyclic) bond motifs is 1. The summed E-state index contributed by atoms with van der Waals surface area (Å²) in [6, 6.07) is 15.7. The zero-order chi connectivity index (χ0) is 13.1. The molecule has 2 aromatic carbocycles. The van der Waals surface area contributed by atoms with Gasteiger partial charge in [0.15, 0.2) is 0 Å². The molecular formula is C15H12N2O2. The van der Waals surface area contributed by atoms with Crippen molar-refractivity contribution < 1.29 is 9.53 Å². The highest BCUT2D eigenvalue weighted by Gasteiger charge is 2.05. The van der Waals surface area contributed by atoms with E-state index >= 15 is 0 Å². The van der Waals surface area contributed by atoms with Crippen molar-refractivity contribution in [3.63, 3.8) is 0 Å². The predicted octanol–water partition coefficient (Wildman–Crippen LogP) is 2.90. The van der Waals surface area contributed by atoms with Gasteiger partial charge in [-0.25, -0.2) is 4.98 Å². The Morgan fingerprint density at radius 3 is 2.89 bits per heavy atom. The first-order chi connectivity index (χ1) is 9.36. The van der Waals surface area contributed by atoms with Gasteiger partial charge in [0.25, 0.3) is 6.47 Å². The number of imidazole rings is 1. The minimum atomic E-state index is 0.275. The molecule has 1 aromatic heterocycles. The molecule has 0 bridgehead atoms. The number of rotatable bonds is 4. The van der Waals surface area contributed by atoms with Crippen LogP contribution in [0.3, 0.4) is 0 Å². The van der Waals surface area contributed by atoms with Crippen molar-refractivity contribution in [3.8, 4) is 11.4 Å². The van der Waals surface area contributed by atoms with Crippen molar-refractivity contribution in [2.75, 3.05) is 0 Å². The Balaban J connectivity index is 1.98. The molecule has 0 spiro atoms. The van der Waals surface area contributed by atoms with Crippen LogP contribution < -0.4 is 0 Å². The van der Waals surface area contributed by atoms with E-state index in [4.69, 9.17) is 4.74 Å². The molecule has 4 heteroatoms. The quantitative estimate of drug-likeness (QED) is 0.726. The molecule has 3 rings (SSSR count). The number of hydrogen-bond donors (Lipinski definition) is 1. The number of ether oxygens (including phenoxy) is 1. The number of para-hydroxylation sites is 2. The maximum atomic E-state index is 10.2. The summed E-state index contributed by atoms with van der Waals surface area (Å²) in [5.74, 6) is 0.814. The first-order valence-corrected chi connectivity index (χ1v) is 5.96. The highest BCUT2D eigenvalue weighted by molar-refractivity contribution is 5.79. The summed E-state index contributed by atoms with van der Waals surface area (Å²) in [4.78, 5) is 18.0. The van der Waals surface area contributed by atoms with Crippen molar-refractivity contribution in [2.45, 2.75) is 6.61 Å². The van der Waals surface area contributed by atoms with Gasteiger partial charge < -0.3 is 9.72 Å². The molecule has 0 aliphatic carbocycles. The molecule has 0 saturated heterocycles. The van der Waals surface area contributed by atoms with Crippen molar-refractivity contribution in [3.05, 3.63) is 54.1 Å². The Kier molecular flexibility index (Phi) is 2.98. The molecule has 94 valence electrons. The van der Waals surface area contributed by atoms with E-state index in [1.807, 2.05) is 48.5 Å². The SMILES string of the molecule is O=COCc1cccc(-c2nc3ccccc3[nH]2)c1. The lowest BCUT2D eigenvalue weighted by Crippen LogP contribution is -1.91. The second kappa shape index (κ2) is 4.94. The molecule has 0 aliphatic heterocycles. The highest BCUT2D eigenvalue weighted by atomic mass is 16.5. The maximum absolute atomic E-state index is 10.2. The molecular weight excluding hydrogens is 240 g/mol. The Labute approximate surface area is 110 Å². The number of H-pyrrole nitrogens is 1. The van der Waals surface area contributed by atoms with E-state index < -0.39 is 0 Å². The van der Waals surface area contributed by atoms with Gasteiger partial charge in [0.05, 0.1) is 11.0 Å². The van der Waals surface area contributed by atoms with Gasteiger partial charge in [-0.3, -0.25) is 4.79 Å². The second-order valence-corrected chi connectivity index (χ2v) is 4.21. The third kappa shape index (κ3) is 2.33. The van der Waals surface area contributed by atoms with Crippen LogP contribution in [0.2, 0.25) is 0 Å². The van der Waals surface area contributed by atoms with Crippen LogP contribution in [0.4, 0.5) is 0 Å². The van der Waals surface area contributed by atoms with E-state index in [9.17, 15) is 4.79 Å². The van der Waals surface area contributed by atoms with Crippen LogP contribution in [0, 0.1) is 0 Å². The minimum Gasteiger partial charge on any atom is -0.463 e. The standard InChI is InChI=1S/C15H12N2O2/c18-10-19-9-11-4-3-5-12(8-11)15-16-13-6-1-2-7-14(13)17-15/h1-8,10H,9H2,(H,16,17). The molecule has 0 atom stereocenters. The summed E-state index contributed by atoms with van der Waals surface area (Å²) in [5.41, 5.74) is 3.85. The van der Waals surface area contributed by atoms with Crippen molar-refractivity contribution in [1.29, 1.82) is 0 Å². The van der Waals surface area contributed by atoms with Gasteiger partial charge in [0, 0.05) is 5.56 Å². The second-order valence-electron chi connectivity index (χ2n) is 4.21. The van der Waals surface area contributed by atoms with Crippen LogP contribution >= 0.6 is 0 Å². The number of carbonyl (C=O) groups excluding carboxylic acids is 1. The minimum absolute atomic E-state index is 0.275. The predicted molar refractivity (Wildman–Crippen MR) is 72.4 cm³/mol. The van der Waals surface area contributed by atoms with Gasteiger partial charge in [0.2, 0.25) is 0 Å². The Morgan fingerprint density at radius 2 is 2.05 bits per heavy atom. The Morgan fingerprint density at radius 1 is 1.16 bits per heavy atom. The third-order valence-electron chi connectivity index (χ3n) is 2.91. The molecule has 0 fully saturated rings. The maximum Gasteiger partial charge on any atom is 0.293 e. The van der Waals surface area contributed by atoms with Crippen LogP contribution in [0.1, 0.15) is 5.56 Å². The van der Waals surface area contributed by atoms with Gasteiger partial charge in [-0.05, 0) is 23.8 Å². The lowest BCUT2D eigenvalue weighted by atomic mass is 10.1. The van der Waals surface area contributed by atoms with E-state index in [0.717, 1.165) is 28.0 Å².